The molecule has 0 bridgehead atoms. The Morgan fingerprint density at radius 3 is 2.94 bits per heavy atom. The topological polar surface area (TPSA) is 29.9 Å². The molecule has 1 saturated carbocycles. The molecule has 1 aliphatic rings. The van der Waals surface area contributed by atoms with E-state index in [1.54, 1.807) is 0 Å². The number of hydrogen-bond acceptors (Lipinski definition) is 2. The van der Waals surface area contributed by atoms with Crippen molar-refractivity contribution >= 4 is 0 Å². The van der Waals surface area contributed by atoms with Crippen molar-refractivity contribution in [2.45, 2.75) is 52.6 Å². The molecule has 0 saturated heterocycles. The number of nitrogens with zero attached hydrogens (tertiary/aromatic N) is 2. The highest BCUT2D eigenvalue weighted by molar-refractivity contribution is 5.00. The molecular formula is C13H23N3. The zero-order valence-electron chi connectivity index (χ0n) is 10.7. The maximum absolute atomic E-state index is 4.58. The minimum Gasteiger partial charge on any atom is -0.311 e. The molecule has 1 heterocycles. The molecule has 0 spiro atoms. The third-order valence-corrected chi connectivity index (χ3v) is 3.67. The summed E-state index contributed by atoms with van der Waals surface area (Å²) in [5.74, 6) is 0. The molecule has 3 nitrogen and oxygen atoms in total. The molecule has 1 aliphatic carbocycles. The monoisotopic (exact) mass is 221 g/mol. The van der Waals surface area contributed by atoms with Crippen LogP contribution in [-0.2, 0) is 6.54 Å². The third-order valence-electron chi connectivity index (χ3n) is 3.67. The Morgan fingerprint density at radius 1 is 1.56 bits per heavy atom. The first-order valence-corrected chi connectivity index (χ1v) is 6.38. The average Bonchev–Trinajstić information content (AvgIpc) is 2.81. The van der Waals surface area contributed by atoms with Gasteiger partial charge in [-0.2, -0.15) is 5.10 Å². The van der Waals surface area contributed by atoms with Crippen LogP contribution < -0.4 is 5.32 Å². The van der Waals surface area contributed by atoms with Gasteiger partial charge in [0.2, 0.25) is 0 Å². The van der Waals surface area contributed by atoms with Gasteiger partial charge in [0.05, 0.1) is 5.69 Å². The van der Waals surface area contributed by atoms with Crippen LogP contribution in [0, 0.1) is 5.41 Å². The predicted octanol–water partition coefficient (Wildman–Crippen LogP) is 2.74. The second kappa shape index (κ2) is 4.58. The normalized spacial score (nSPS) is 19.7. The van der Waals surface area contributed by atoms with Gasteiger partial charge in [0.15, 0.2) is 0 Å². The van der Waals surface area contributed by atoms with Crippen molar-refractivity contribution < 1.29 is 0 Å². The van der Waals surface area contributed by atoms with Crippen LogP contribution in [0.2, 0.25) is 0 Å². The van der Waals surface area contributed by atoms with E-state index in [9.17, 15) is 0 Å². The Bertz CT molecular complexity index is 339. The first-order valence-electron chi connectivity index (χ1n) is 6.38. The maximum atomic E-state index is 4.58. The lowest BCUT2D eigenvalue weighted by atomic mass is 10.1. The van der Waals surface area contributed by atoms with E-state index in [1.165, 1.54) is 12.8 Å². The van der Waals surface area contributed by atoms with E-state index in [2.05, 4.69) is 48.1 Å². The van der Waals surface area contributed by atoms with E-state index in [4.69, 9.17) is 0 Å². The van der Waals surface area contributed by atoms with Crippen LogP contribution in [0.15, 0.2) is 12.3 Å². The molecule has 0 radical (unpaired) electrons. The van der Waals surface area contributed by atoms with Gasteiger partial charge in [0.25, 0.3) is 0 Å². The van der Waals surface area contributed by atoms with Crippen LogP contribution in [0.1, 0.15) is 51.8 Å². The lowest BCUT2D eigenvalue weighted by molar-refractivity contribution is 0.463. The Morgan fingerprint density at radius 2 is 2.31 bits per heavy atom. The molecular weight excluding hydrogens is 198 g/mol. The minimum atomic E-state index is 0.509. The molecule has 1 unspecified atom stereocenters. The highest BCUT2D eigenvalue weighted by Crippen LogP contribution is 2.44. The molecule has 16 heavy (non-hydrogen) atoms. The van der Waals surface area contributed by atoms with E-state index in [-0.39, 0.29) is 0 Å². The molecule has 1 N–H and O–H groups in total. The average molecular weight is 221 g/mol. The number of nitrogens with one attached hydrogen (secondary N) is 1. The summed E-state index contributed by atoms with van der Waals surface area (Å²) < 4.78 is 2.07. The van der Waals surface area contributed by atoms with E-state index in [0.29, 0.717) is 11.5 Å². The first-order chi connectivity index (χ1) is 7.63. The van der Waals surface area contributed by atoms with Crippen molar-refractivity contribution in [3.8, 4) is 0 Å². The fraction of sp³-hybridized carbons (Fsp3) is 0.769. The lowest BCUT2D eigenvalue weighted by Gasteiger charge is -2.09. The van der Waals surface area contributed by atoms with Crippen LogP contribution >= 0.6 is 0 Å². The largest absolute Gasteiger partial charge is 0.311 e. The van der Waals surface area contributed by atoms with E-state index in [1.807, 2.05) is 0 Å². The van der Waals surface area contributed by atoms with Gasteiger partial charge in [-0.15, -0.1) is 0 Å². The molecule has 2 rings (SSSR count). The molecule has 0 aromatic carbocycles. The summed E-state index contributed by atoms with van der Waals surface area (Å²) in [6.07, 6.45) is 5.97. The Hall–Kier alpha value is -0.830. The molecule has 0 amide bonds. The van der Waals surface area contributed by atoms with Crippen LogP contribution in [0.5, 0.6) is 0 Å². The quantitative estimate of drug-likeness (QED) is 0.800. The standard InChI is InChI=1S/C13H23N3/c1-4-11(2)16-8-5-12(15-16)9-14-10-13(3)6-7-13/h5,8,11,14H,4,6-7,9-10H2,1-3H3. The minimum absolute atomic E-state index is 0.509. The van der Waals surface area contributed by atoms with E-state index >= 15 is 0 Å². The number of hydrogen-bond donors (Lipinski definition) is 1. The van der Waals surface area contributed by atoms with Crippen molar-refractivity contribution in [3.63, 3.8) is 0 Å². The molecule has 90 valence electrons. The summed E-state index contributed by atoms with van der Waals surface area (Å²) >= 11 is 0. The van der Waals surface area contributed by atoms with E-state index < -0.39 is 0 Å². The van der Waals surface area contributed by atoms with Crippen molar-refractivity contribution in [3.05, 3.63) is 18.0 Å². The smallest absolute Gasteiger partial charge is 0.0762 e. The fourth-order valence-corrected chi connectivity index (χ4v) is 1.79. The molecule has 0 aliphatic heterocycles. The number of aromatic nitrogens is 2. The molecule has 3 heteroatoms. The Labute approximate surface area is 98.2 Å². The third kappa shape index (κ3) is 2.85. The highest BCUT2D eigenvalue weighted by Gasteiger charge is 2.36. The molecule has 1 atom stereocenters. The second-order valence-corrected chi connectivity index (χ2v) is 5.46. The van der Waals surface area contributed by atoms with Crippen molar-refractivity contribution in [2.75, 3.05) is 6.54 Å². The molecule has 1 aromatic rings. The van der Waals surface area contributed by atoms with Gasteiger partial charge in [0.1, 0.15) is 0 Å². The summed E-state index contributed by atoms with van der Waals surface area (Å²) in [5, 5.41) is 8.07. The second-order valence-electron chi connectivity index (χ2n) is 5.46. The van der Waals surface area contributed by atoms with Gasteiger partial charge in [-0.1, -0.05) is 13.8 Å². The van der Waals surface area contributed by atoms with Gasteiger partial charge < -0.3 is 5.32 Å². The van der Waals surface area contributed by atoms with Crippen LogP contribution in [0.3, 0.4) is 0 Å². The van der Waals surface area contributed by atoms with E-state index in [0.717, 1.165) is 25.2 Å². The predicted molar refractivity (Wildman–Crippen MR) is 66.3 cm³/mol. The maximum Gasteiger partial charge on any atom is 0.0762 e. The summed E-state index contributed by atoms with van der Waals surface area (Å²) in [6, 6.07) is 2.63. The van der Waals surface area contributed by atoms with Gasteiger partial charge >= 0.3 is 0 Å². The number of rotatable bonds is 6. The summed E-state index contributed by atoms with van der Waals surface area (Å²) in [5.41, 5.74) is 1.74. The van der Waals surface area contributed by atoms with Crippen LogP contribution in [0.4, 0.5) is 0 Å². The zero-order valence-corrected chi connectivity index (χ0v) is 10.7. The SMILES string of the molecule is CCC(C)n1ccc(CNCC2(C)CC2)n1. The first kappa shape index (κ1) is 11.6. The Balaban J connectivity index is 1.78. The summed E-state index contributed by atoms with van der Waals surface area (Å²) in [4.78, 5) is 0. The highest BCUT2D eigenvalue weighted by atomic mass is 15.3. The van der Waals surface area contributed by atoms with Gasteiger partial charge in [-0.05, 0) is 37.7 Å². The fourth-order valence-electron chi connectivity index (χ4n) is 1.79. The van der Waals surface area contributed by atoms with Crippen molar-refractivity contribution in [2.24, 2.45) is 5.41 Å². The van der Waals surface area contributed by atoms with Gasteiger partial charge in [-0.3, -0.25) is 4.68 Å². The molecule has 1 aromatic heterocycles. The summed E-state index contributed by atoms with van der Waals surface area (Å²) in [6.45, 7) is 8.77. The van der Waals surface area contributed by atoms with Gasteiger partial charge in [-0.25, -0.2) is 0 Å². The van der Waals surface area contributed by atoms with Crippen molar-refractivity contribution in [1.29, 1.82) is 0 Å². The lowest BCUT2D eigenvalue weighted by Crippen LogP contribution is -2.21. The van der Waals surface area contributed by atoms with Crippen LogP contribution in [-0.4, -0.2) is 16.3 Å². The summed E-state index contributed by atoms with van der Waals surface area (Å²) in [7, 11) is 0. The van der Waals surface area contributed by atoms with Crippen LogP contribution in [0.25, 0.3) is 0 Å². The van der Waals surface area contributed by atoms with Gasteiger partial charge in [0, 0.05) is 25.3 Å². The zero-order chi connectivity index (χ0) is 11.6. The Kier molecular flexibility index (Phi) is 3.33. The molecule has 1 fully saturated rings. The van der Waals surface area contributed by atoms with Crippen molar-refractivity contribution in [1.82, 2.24) is 15.1 Å².